The molecule has 10 heterocycles. The van der Waals surface area contributed by atoms with Crippen LogP contribution in [0.4, 0.5) is 42.6 Å². The highest BCUT2D eigenvalue weighted by Gasteiger charge is 2.29. The van der Waals surface area contributed by atoms with Gasteiger partial charge in [0.15, 0.2) is 21.4 Å². The molecule has 0 bridgehead atoms. The Morgan fingerprint density at radius 2 is 1.04 bits per heavy atom. The average molecular weight is 1680 g/mol. The van der Waals surface area contributed by atoms with Crippen molar-refractivity contribution in [2.45, 2.75) is 44.6 Å². The Hall–Kier alpha value is -15.3. The molecule has 1 aliphatic rings. The highest BCUT2D eigenvalue weighted by atomic mass is 32.2. The van der Waals surface area contributed by atoms with E-state index in [1.165, 1.54) is 70.1 Å². The largest absolute Gasteiger partial charge is 0.491 e. The van der Waals surface area contributed by atoms with Gasteiger partial charge in [-0.05, 0) is 83.8 Å². The van der Waals surface area contributed by atoms with Crippen LogP contribution in [0.15, 0.2) is 265 Å². The van der Waals surface area contributed by atoms with Gasteiger partial charge in [-0.1, -0.05) is 108 Å². The van der Waals surface area contributed by atoms with Gasteiger partial charge in [-0.3, -0.25) is 43.0 Å². The van der Waals surface area contributed by atoms with Crippen LogP contribution in [0.2, 0.25) is 0 Å². The predicted molar refractivity (Wildman–Crippen MR) is 449 cm³/mol. The van der Waals surface area contributed by atoms with Crippen LogP contribution in [0.1, 0.15) is 54.4 Å². The number of aryl methyl sites for hydroxylation is 5. The number of ether oxygens (including phenoxy) is 2. The van der Waals surface area contributed by atoms with Gasteiger partial charge in [0.25, 0.3) is 17.4 Å². The van der Waals surface area contributed by atoms with E-state index >= 15 is 4.39 Å². The number of benzene rings is 8. The lowest BCUT2D eigenvalue weighted by atomic mass is 10.1. The molecule has 0 unspecified atom stereocenters. The number of aromatic nitrogens is 14. The highest BCUT2D eigenvalue weighted by molar-refractivity contribution is 7.91. The fourth-order valence-corrected chi connectivity index (χ4v) is 15.5. The summed E-state index contributed by atoms with van der Waals surface area (Å²) in [6, 6.07) is 47.1. The van der Waals surface area contributed by atoms with E-state index in [1.807, 2.05) is 135 Å². The van der Waals surface area contributed by atoms with Gasteiger partial charge in [-0.2, -0.15) is 20.4 Å². The molecule has 8 aromatic carbocycles. The number of hydrogen-bond acceptors (Lipinski definition) is 16. The van der Waals surface area contributed by atoms with E-state index < -0.39 is 49.9 Å². The SMILES string of the molecule is COc1cc2ccccc2n(Cc2ccc(-c3cnn(C)c3)cc2F)c1=O.Cc1cc(NC(=O)c2cn(Cc3ccc(-c4cnn(C)c4)cc3F)c3ccccc23)no1.Cn1cc(-c2ccc(CN3C(=O)OCc4ccccc43)c(F)c2)cn1.Cn1cc(-c2ccc(Cn3cc(S(=O)(=O)CCNC(=O)c4cnccn4)c4c(F)cc(F)cc43)c(F)c2)cn1. The van der Waals surface area contributed by atoms with Gasteiger partial charge in [0.2, 0.25) is 0 Å². The first kappa shape index (κ1) is 82.8. The number of sulfone groups is 1. The maximum Gasteiger partial charge on any atom is 0.414 e. The number of pyridine rings is 1. The number of nitrogens with one attached hydrogen (secondary N) is 2. The lowest BCUT2D eigenvalue weighted by Crippen LogP contribution is -2.35. The summed E-state index contributed by atoms with van der Waals surface area (Å²) in [5.74, 6) is -3.91. The first-order valence-corrected chi connectivity index (χ1v) is 39.8. The Labute approximate surface area is 698 Å². The number of rotatable bonds is 20. The average Bonchev–Trinajstić information content (AvgIpc) is 1.65. The molecule has 123 heavy (non-hydrogen) atoms. The van der Waals surface area contributed by atoms with Crippen LogP contribution in [0.3, 0.4) is 0 Å². The number of methoxy groups -OCH3 is 1. The zero-order valence-electron chi connectivity index (χ0n) is 66.7. The second-order valence-corrected chi connectivity index (χ2v) is 30.9. The van der Waals surface area contributed by atoms with E-state index in [1.54, 1.807) is 106 Å². The smallest absolute Gasteiger partial charge is 0.414 e. The van der Waals surface area contributed by atoms with Crippen LogP contribution in [0.25, 0.3) is 77.2 Å². The van der Waals surface area contributed by atoms with Gasteiger partial charge in [-0.15, -0.1) is 0 Å². The topological polar surface area (TPSA) is 286 Å². The van der Waals surface area contributed by atoms with E-state index in [-0.39, 0.29) is 96.2 Å². The summed E-state index contributed by atoms with van der Waals surface area (Å²) in [6.45, 7) is 2.05. The Bertz CT molecular complexity index is 7030. The second kappa shape index (κ2) is 35.7. The lowest BCUT2D eigenvalue weighted by Gasteiger charge is -2.29. The third kappa shape index (κ3) is 18.6. The van der Waals surface area contributed by atoms with E-state index in [9.17, 15) is 49.5 Å². The Kier molecular flexibility index (Phi) is 24.1. The molecule has 0 aliphatic carbocycles. The molecular formula is C90H75F6N17O9S. The molecule has 17 aromatic rings. The highest BCUT2D eigenvalue weighted by Crippen LogP contribution is 2.35. The second-order valence-electron chi connectivity index (χ2n) is 28.8. The number of amides is 3. The zero-order valence-corrected chi connectivity index (χ0v) is 67.5. The molecule has 0 fully saturated rings. The number of nitrogens with zero attached hydrogens (tertiary/aromatic N) is 15. The predicted octanol–water partition coefficient (Wildman–Crippen LogP) is 15.8. The van der Waals surface area contributed by atoms with E-state index in [4.69, 9.17) is 14.0 Å². The molecule has 9 aromatic heterocycles. The fraction of sp³-hybridized carbons (Fsp3) is 0.144. The van der Waals surface area contributed by atoms with Crippen LogP contribution >= 0.6 is 0 Å². The van der Waals surface area contributed by atoms with Gasteiger partial charge < -0.3 is 38.3 Å². The summed E-state index contributed by atoms with van der Waals surface area (Å²) in [7, 11) is 4.49. The molecule has 3 amide bonds. The molecule has 26 nitrogen and oxygen atoms in total. The van der Waals surface area contributed by atoms with Crippen molar-refractivity contribution in [2.75, 3.05) is 29.6 Å². The van der Waals surface area contributed by atoms with Crippen molar-refractivity contribution in [2.24, 2.45) is 28.2 Å². The van der Waals surface area contributed by atoms with Crippen molar-refractivity contribution in [1.82, 2.24) is 73.3 Å². The van der Waals surface area contributed by atoms with Crippen LogP contribution in [0, 0.1) is 41.8 Å². The minimum Gasteiger partial charge on any atom is -0.491 e. The monoisotopic (exact) mass is 1680 g/mol. The number of carbonyl (C=O) groups excluding carboxylic acids is 3. The molecule has 0 saturated heterocycles. The van der Waals surface area contributed by atoms with Crippen molar-refractivity contribution < 1.29 is 63.1 Å². The summed E-state index contributed by atoms with van der Waals surface area (Å²) in [5, 5.41) is 26.7. The molecule has 622 valence electrons. The number of hydrogen-bond donors (Lipinski definition) is 2. The third-order valence-electron chi connectivity index (χ3n) is 20.3. The van der Waals surface area contributed by atoms with Gasteiger partial charge >= 0.3 is 6.09 Å². The van der Waals surface area contributed by atoms with Gasteiger partial charge in [-0.25, -0.2) is 44.5 Å². The molecule has 1 aliphatic heterocycles. The number of para-hydroxylation sites is 3. The van der Waals surface area contributed by atoms with Crippen LogP contribution < -0.4 is 25.8 Å². The maximum atomic E-state index is 15.1. The lowest BCUT2D eigenvalue weighted by molar-refractivity contribution is 0.0949. The summed E-state index contributed by atoms with van der Waals surface area (Å²) < 4.78 is 142. The van der Waals surface area contributed by atoms with E-state index in [0.29, 0.717) is 51.0 Å². The quantitative estimate of drug-likeness (QED) is 0.0671. The van der Waals surface area contributed by atoms with E-state index in [2.05, 4.69) is 46.2 Å². The minimum atomic E-state index is -4.16. The third-order valence-corrected chi connectivity index (χ3v) is 22.0. The van der Waals surface area contributed by atoms with Crippen molar-refractivity contribution >= 4 is 72.0 Å². The Balaban J connectivity index is 0.000000129. The van der Waals surface area contributed by atoms with Crippen LogP contribution in [0.5, 0.6) is 5.75 Å². The summed E-state index contributed by atoms with van der Waals surface area (Å²) in [4.78, 5) is 58.6. The van der Waals surface area contributed by atoms with Crippen molar-refractivity contribution in [3.05, 3.63) is 341 Å². The molecule has 18 rings (SSSR count). The molecule has 33 heteroatoms. The Morgan fingerprint density at radius 3 is 1.56 bits per heavy atom. The standard InChI is InChI=1S/C26H21F3N6O3S.C24H20FN5O2.C21H18FN3O2.C19H16FN3O2/c1-34-13-18(11-33-34)16-2-3-17(20(28)8-16)14-35-15-24(25-21(29)9-19(27)10-23(25)35)39(37,38)7-6-32-26(36)22-12-30-4-5-31-22;1-15-9-23(28-32-15)27-24(31)20-14-30(22-6-4-3-5-19(20)22)13-17-8-7-16(10-21(17)25)18-11-26-29(2)12-18;1-24-12-17(11-23-24)14-7-8-16(18(22)9-14)13-25-19-6-4-3-5-15(19)10-20(27-2)21(25)26;1-22-10-16(9-21-22)13-6-7-14(17(20)8-13)11-23-18-5-3-2-4-15(18)12-25-19(23)24/h2-5,8-13,15H,6-7,14H2,1H3,(H,32,36);3-12,14H,13H2,1-2H3,(H,27,28,31);3-12H,13H2,1-2H3;2-10H,11-12H2,1H3. The number of halogens is 6. The van der Waals surface area contributed by atoms with E-state index in [0.717, 1.165) is 78.7 Å². The summed E-state index contributed by atoms with van der Waals surface area (Å²) in [6.07, 6.45) is 20.2. The molecule has 0 radical (unpaired) electrons. The van der Waals surface area contributed by atoms with Crippen molar-refractivity contribution in [3.8, 4) is 50.3 Å². The minimum absolute atomic E-state index is 0.00425. The number of fused-ring (bicyclic) bond motifs is 4. The normalized spacial score (nSPS) is 11.8. The van der Waals surface area contributed by atoms with Gasteiger partial charge in [0.05, 0.1) is 103 Å². The van der Waals surface area contributed by atoms with Crippen molar-refractivity contribution in [3.63, 3.8) is 0 Å². The van der Waals surface area contributed by atoms with Crippen LogP contribution in [-0.2, 0) is 75.6 Å². The van der Waals surface area contributed by atoms with Gasteiger partial charge in [0, 0.05) is 163 Å². The number of carbonyl (C=O) groups is 3. The number of cyclic esters (lactones) is 1. The molecule has 2 N–H and O–H groups in total. The van der Waals surface area contributed by atoms with Crippen LogP contribution in [-0.4, -0.2) is 114 Å². The first-order valence-electron chi connectivity index (χ1n) is 38.1. The van der Waals surface area contributed by atoms with Gasteiger partial charge in [0.1, 0.15) is 53.0 Å². The van der Waals surface area contributed by atoms with Crippen molar-refractivity contribution in [1.29, 1.82) is 0 Å². The maximum absolute atomic E-state index is 15.1. The molecule has 0 atom stereocenters. The first-order chi connectivity index (χ1) is 59.3. The molecule has 0 spiro atoms. The number of anilines is 2. The fourth-order valence-electron chi connectivity index (χ4n) is 14.1. The molecular weight excluding hydrogens is 1610 g/mol. The molecule has 0 saturated carbocycles. The Morgan fingerprint density at radius 1 is 0.520 bits per heavy atom. The zero-order chi connectivity index (χ0) is 86.3. The summed E-state index contributed by atoms with van der Waals surface area (Å²) in [5.41, 5.74) is 11.1. The summed E-state index contributed by atoms with van der Waals surface area (Å²) >= 11 is 0.